The summed E-state index contributed by atoms with van der Waals surface area (Å²) in [5.74, 6) is 0. The van der Waals surface area contributed by atoms with Gasteiger partial charge < -0.3 is 5.32 Å². The first-order valence-electron chi connectivity index (χ1n) is 4.72. The van der Waals surface area contributed by atoms with Crippen molar-refractivity contribution < 1.29 is 0 Å². The number of rotatable bonds is 0. The van der Waals surface area contributed by atoms with Gasteiger partial charge in [0, 0.05) is 24.2 Å². The molecule has 2 aliphatic heterocycles. The third-order valence-electron chi connectivity index (χ3n) is 3.11. The zero-order chi connectivity index (χ0) is 8.82. The predicted molar refractivity (Wildman–Crippen MR) is 50.9 cm³/mol. The van der Waals surface area contributed by atoms with Crippen molar-refractivity contribution in [2.75, 3.05) is 13.1 Å². The van der Waals surface area contributed by atoms with Gasteiger partial charge in [0.25, 0.3) is 0 Å². The number of hydrogen-bond donors (Lipinski definition) is 1. The Kier molecular flexibility index (Phi) is 1.52. The molecule has 2 heterocycles. The first kappa shape index (κ1) is 8.11. The molecule has 0 saturated carbocycles. The highest BCUT2D eigenvalue weighted by molar-refractivity contribution is 5.15. The molecule has 0 spiro atoms. The Hall–Kier alpha value is -0.500. The standard InChI is InChI=1S/C10H18N2/c1-9(2)8-12-7-5-10(12,3)4-6-11-9/h4,6,11H,5,7-8H2,1-3H3. The smallest absolute Gasteiger partial charge is 0.0439 e. The summed E-state index contributed by atoms with van der Waals surface area (Å²) >= 11 is 0. The second-order valence-corrected chi connectivity index (χ2v) is 4.89. The Labute approximate surface area is 74.6 Å². The molecule has 1 fully saturated rings. The molecule has 0 aromatic rings. The number of hydrogen-bond acceptors (Lipinski definition) is 2. The maximum Gasteiger partial charge on any atom is 0.0439 e. The van der Waals surface area contributed by atoms with Gasteiger partial charge in [0.1, 0.15) is 0 Å². The molecule has 0 aromatic heterocycles. The Morgan fingerprint density at radius 3 is 2.67 bits per heavy atom. The van der Waals surface area contributed by atoms with Gasteiger partial charge >= 0.3 is 0 Å². The van der Waals surface area contributed by atoms with Crippen LogP contribution >= 0.6 is 0 Å². The van der Waals surface area contributed by atoms with E-state index in [0.29, 0.717) is 5.54 Å². The van der Waals surface area contributed by atoms with Crippen LogP contribution in [0.2, 0.25) is 0 Å². The molecule has 2 rings (SSSR count). The van der Waals surface area contributed by atoms with E-state index in [-0.39, 0.29) is 5.54 Å². The molecule has 1 N–H and O–H groups in total. The fraction of sp³-hybridized carbons (Fsp3) is 0.800. The Morgan fingerprint density at radius 1 is 1.33 bits per heavy atom. The molecular weight excluding hydrogens is 148 g/mol. The Bertz CT molecular complexity index is 220. The normalized spacial score (nSPS) is 39.2. The van der Waals surface area contributed by atoms with Gasteiger partial charge in [0.15, 0.2) is 0 Å². The van der Waals surface area contributed by atoms with Crippen molar-refractivity contribution in [2.45, 2.75) is 38.3 Å². The molecular formula is C10H18N2. The summed E-state index contributed by atoms with van der Waals surface area (Å²) in [6.45, 7) is 9.22. The Balaban J connectivity index is 2.18. The predicted octanol–water partition coefficient (Wildman–Crippen LogP) is 1.35. The largest absolute Gasteiger partial charge is 0.385 e. The Morgan fingerprint density at radius 2 is 2.08 bits per heavy atom. The maximum atomic E-state index is 3.42. The molecule has 0 aromatic carbocycles. The topological polar surface area (TPSA) is 15.3 Å². The van der Waals surface area contributed by atoms with Gasteiger partial charge in [-0.05, 0) is 39.5 Å². The average molecular weight is 166 g/mol. The highest BCUT2D eigenvalue weighted by Gasteiger charge is 2.41. The lowest BCUT2D eigenvalue weighted by atomic mass is 9.86. The van der Waals surface area contributed by atoms with Crippen LogP contribution in [0.4, 0.5) is 0 Å². The quantitative estimate of drug-likeness (QED) is 0.584. The van der Waals surface area contributed by atoms with Crippen molar-refractivity contribution in [1.29, 1.82) is 0 Å². The van der Waals surface area contributed by atoms with Crippen LogP contribution in [0.5, 0.6) is 0 Å². The summed E-state index contributed by atoms with van der Waals surface area (Å²) in [7, 11) is 0. The lowest BCUT2D eigenvalue weighted by Gasteiger charge is -2.50. The first-order valence-corrected chi connectivity index (χ1v) is 4.72. The number of fused-ring (bicyclic) bond motifs is 1. The summed E-state index contributed by atoms with van der Waals surface area (Å²) in [4.78, 5) is 2.55. The summed E-state index contributed by atoms with van der Waals surface area (Å²) < 4.78 is 0. The average Bonchev–Trinajstić information content (AvgIpc) is 2.03. The molecule has 68 valence electrons. The number of nitrogens with one attached hydrogen (secondary N) is 1. The van der Waals surface area contributed by atoms with Gasteiger partial charge in [0.05, 0.1) is 0 Å². The van der Waals surface area contributed by atoms with Crippen LogP contribution in [0, 0.1) is 0 Å². The molecule has 2 aliphatic rings. The van der Waals surface area contributed by atoms with Crippen molar-refractivity contribution in [2.24, 2.45) is 0 Å². The molecule has 1 unspecified atom stereocenters. The van der Waals surface area contributed by atoms with Gasteiger partial charge in [0.2, 0.25) is 0 Å². The molecule has 2 heteroatoms. The molecule has 12 heavy (non-hydrogen) atoms. The van der Waals surface area contributed by atoms with Crippen molar-refractivity contribution >= 4 is 0 Å². The van der Waals surface area contributed by atoms with Gasteiger partial charge in [-0.2, -0.15) is 0 Å². The maximum absolute atomic E-state index is 3.42. The zero-order valence-electron chi connectivity index (χ0n) is 8.22. The molecule has 0 radical (unpaired) electrons. The van der Waals surface area contributed by atoms with Gasteiger partial charge in [-0.15, -0.1) is 0 Å². The summed E-state index contributed by atoms with van der Waals surface area (Å²) in [6, 6.07) is 0. The lowest BCUT2D eigenvalue weighted by Crippen LogP contribution is -2.60. The van der Waals surface area contributed by atoms with E-state index >= 15 is 0 Å². The molecule has 0 aliphatic carbocycles. The molecule has 1 saturated heterocycles. The van der Waals surface area contributed by atoms with Gasteiger partial charge in [-0.1, -0.05) is 0 Å². The second-order valence-electron chi connectivity index (χ2n) is 4.89. The molecule has 1 atom stereocenters. The van der Waals surface area contributed by atoms with Crippen LogP contribution in [0.25, 0.3) is 0 Å². The monoisotopic (exact) mass is 166 g/mol. The summed E-state index contributed by atoms with van der Waals surface area (Å²) in [5.41, 5.74) is 0.579. The summed E-state index contributed by atoms with van der Waals surface area (Å²) in [6.07, 6.45) is 5.73. The van der Waals surface area contributed by atoms with E-state index in [4.69, 9.17) is 0 Å². The van der Waals surface area contributed by atoms with E-state index in [1.807, 2.05) is 0 Å². The molecule has 0 amide bonds. The fourth-order valence-corrected chi connectivity index (χ4v) is 2.04. The van der Waals surface area contributed by atoms with Gasteiger partial charge in [-0.25, -0.2) is 0 Å². The van der Waals surface area contributed by atoms with E-state index < -0.39 is 0 Å². The third kappa shape index (κ3) is 1.14. The van der Waals surface area contributed by atoms with Crippen LogP contribution < -0.4 is 5.32 Å². The van der Waals surface area contributed by atoms with Crippen molar-refractivity contribution in [1.82, 2.24) is 10.2 Å². The minimum absolute atomic E-state index is 0.231. The molecule has 2 nitrogen and oxygen atoms in total. The SMILES string of the molecule is CC1(C)CN2CCC2(C)C=CN1. The van der Waals surface area contributed by atoms with Crippen molar-refractivity contribution in [3.05, 3.63) is 12.3 Å². The zero-order valence-corrected chi connectivity index (χ0v) is 8.22. The van der Waals surface area contributed by atoms with Crippen LogP contribution in [0.3, 0.4) is 0 Å². The van der Waals surface area contributed by atoms with Crippen molar-refractivity contribution in [3.63, 3.8) is 0 Å². The minimum Gasteiger partial charge on any atom is -0.385 e. The lowest BCUT2D eigenvalue weighted by molar-refractivity contribution is 0.0257. The highest BCUT2D eigenvalue weighted by Crippen LogP contribution is 2.34. The van der Waals surface area contributed by atoms with Crippen LogP contribution in [-0.4, -0.2) is 29.1 Å². The van der Waals surface area contributed by atoms with Crippen LogP contribution in [-0.2, 0) is 0 Å². The van der Waals surface area contributed by atoms with E-state index in [1.165, 1.54) is 13.0 Å². The van der Waals surface area contributed by atoms with E-state index in [9.17, 15) is 0 Å². The van der Waals surface area contributed by atoms with E-state index in [2.05, 4.69) is 43.3 Å². The van der Waals surface area contributed by atoms with E-state index in [0.717, 1.165) is 6.54 Å². The van der Waals surface area contributed by atoms with Crippen LogP contribution in [0.1, 0.15) is 27.2 Å². The fourth-order valence-electron chi connectivity index (χ4n) is 2.04. The van der Waals surface area contributed by atoms with E-state index in [1.54, 1.807) is 0 Å². The third-order valence-corrected chi connectivity index (χ3v) is 3.11. The first-order chi connectivity index (χ1) is 5.52. The van der Waals surface area contributed by atoms with Crippen LogP contribution in [0.15, 0.2) is 12.3 Å². The molecule has 0 bridgehead atoms. The minimum atomic E-state index is 0.231. The van der Waals surface area contributed by atoms with Gasteiger partial charge in [-0.3, -0.25) is 4.90 Å². The number of nitrogens with zero attached hydrogens (tertiary/aromatic N) is 1. The summed E-state index contributed by atoms with van der Waals surface area (Å²) in [5, 5.41) is 3.42. The highest BCUT2D eigenvalue weighted by atomic mass is 15.3. The van der Waals surface area contributed by atoms with Crippen molar-refractivity contribution in [3.8, 4) is 0 Å². The second kappa shape index (κ2) is 2.25.